The lowest BCUT2D eigenvalue weighted by molar-refractivity contribution is -0.131. The van der Waals surface area contributed by atoms with Gasteiger partial charge in [-0.2, -0.15) is 0 Å². The number of hydrogen-bond donors (Lipinski definition) is 0. The van der Waals surface area contributed by atoms with E-state index >= 15 is 0 Å². The average Bonchev–Trinajstić information content (AvgIpc) is 3.04. The molecule has 2 rings (SSSR count). The highest BCUT2D eigenvalue weighted by molar-refractivity contribution is 7.09. The van der Waals surface area contributed by atoms with Gasteiger partial charge in [0.2, 0.25) is 5.91 Å². The van der Waals surface area contributed by atoms with Crippen LogP contribution in [0, 0.1) is 0 Å². The smallest absolute Gasteiger partial charge is 0.223 e. The van der Waals surface area contributed by atoms with E-state index in [1.807, 2.05) is 49.3 Å². The van der Waals surface area contributed by atoms with Crippen LogP contribution in [-0.4, -0.2) is 42.9 Å². The van der Waals surface area contributed by atoms with Gasteiger partial charge in [0.05, 0.1) is 0 Å². The summed E-state index contributed by atoms with van der Waals surface area (Å²) >= 11 is 7.64. The normalized spacial score (nSPS) is 11.0. The highest BCUT2D eigenvalue weighted by Gasteiger charge is 2.14. The second-order valence-electron chi connectivity index (χ2n) is 5.82. The van der Waals surface area contributed by atoms with E-state index in [0.29, 0.717) is 13.0 Å². The van der Waals surface area contributed by atoms with E-state index in [1.54, 1.807) is 11.3 Å². The molecule has 1 heterocycles. The first kappa shape index (κ1) is 18.0. The first-order chi connectivity index (χ1) is 11.0. The van der Waals surface area contributed by atoms with Crippen molar-refractivity contribution in [2.75, 3.05) is 27.2 Å². The Hall–Kier alpha value is -1.36. The monoisotopic (exact) mass is 350 g/mol. The third kappa shape index (κ3) is 6.34. The molecule has 2 aromatic rings. The summed E-state index contributed by atoms with van der Waals surface area (Å²) in [6.45, 7) is 2.23. The standard InChI is InChI=1S/C18H23ClN2OS/c1-20(2)11-12-21(14-15-5-7-16(19)8-6-15)18(22)10-9-17-4-3-13-23-17/h3-8,13H,9-12,14H2,1-2H3. The van der Waals surface area contributed by atoms with Crippen molar-refractivity contribution in [2.24, 2.45) is 0 Å². The maximum absolute atomic E-state index is 12.6. The van der Waals surface area contributed by atoms with Gasteiger partial charge in [-0.3, -0.25) is 4.79 Å². The molecule has 0 spiro atoms. The molecule has 0 radical (unpaired) electrons. The van der Waals surface area contributed by atoms with Crippen molar-refractivity contribution in [3.63, 3.8) is 0 Å². The Labute approximate surface area is 147 Å². The Bertz CT molecular complexity index is 596. The van der Waals surface area contributed by atoms with Crippen LogP contribution in [0.25, 0.3) is 0 Å². The van der Waals surface area contributed by atoms with Crippen molar-refractivity contribution >= 4 is 28.8 Å². The van der Waals surface area contributed by atoms with Gasteiger partial charge >= 0.3 is 0 Å². The van der Waals surface area contributed by atoms with E-state index in [4.69, 9.17) is 11.6 Å². The molecule has 3 nitrogen and oxygen atoms in total. The zero-order valence-electron chi connectivity index (χ0n) is 13.7. The lowest BCUT2D eigenvalue weighted by Crippen LogP contribution is -2.36. The number of rotatable bonds is 8. The van der Waals surface area contributed by atoms with Gasteiger partial charge in [-0.05, 0) is 49.7 Å². The predicted octanol–water partition coefficient (Wildman–Crippen LogP) is 3.92. The van der Waals surface area contributed by atoms with Gasteiger partial charge in [-0.1, -0.05) is 29.8 Å². The number of halogens is 1. The fourth-order valence-corrected chi connectivity index (χ4v) is 3.10. The number of carbonyl (C=O) groups is 1. The van der Waals surface area contributed by atoms with Crippen LogP contribution < -0.4 is 0 Å². The summed E-state index contributed by atoms with van der Waals surface area (Å²) in [5.41, 5.74) is 1.11. The highest BCUT2D eigenvalue weighted by Crippen LogP contribution is 2.15. The Morgan fingerprint density at radius 3 is 2.48 bits per heavy atom. The lowest BCUT2D eigenvalue weighted by atomic mass is 10.2. The van der Waals surface area contributed by atoms with E-state index in [9.17, 15) is 4.79 Å². The third-order valence-corrected chi connectivity index (χ3v) is 4.81. The quantitative estimate of drug-likeness (QED) is 0.720. The molecule has 0 saturated heterocycles. The SMILES string of the molecule is CN(C)CCN(Cc1ccc(Cl)cc1)C(=O)CCc1cccs1. The van der Waals surface area contributed by atoms with Crippen LogP contribution >= 0.6 is 22.9 Å². The van der Waals surface area contributed by atoms with E-state index in [0.717, 1.165) is 30.1 Å². The van der Waals surface area contributed by atoms with E-state index < -0.39 is 0 Å². The van der Waals surface area contributed by atoms with E-state index in [1.165, 1.54) is 4.88 Å². The van der Waals surface area contributed by atoms with Crippen molar-refractivity contribution in [1.82, 2.24) is 9.80 Å². The predicted molar refractivity (Wildman–Crippen MR) is 98.1 cm³/mol. The third-order valence-electron chi connectivity index (χ3n) is 3.62. The molecule has 0 saturated carbocycles. The molecule has 23 heavy (non-hydrogen) atoms. The summed E-state index contributed by atoms with van der Waals surface area (Å²) in [6, 6.07) is 11.8. The topological polar surface area (TPSA) is 23.6 Å². The van der Waals surface area contributed by atoms with Gasteiger partial charge in [-0.25, -0.2) is 0 Å². The van der Waals surface area contributed by atoms with Gasteiger partial charge in [0.25, 0.3) is 0 Å². The first-order valence-electron chi connectivity index (χ1n) is 7.74. The molecule has 1 amide bonds. The van der Waals surface area contributed by atoms with E-state index in [2.05, 4.69) is 16.3 Å². The molecule has 0 fully saturated rings. The molecule has 1 aromatic heterocycles. The molecular formula is C18H23ClN2OS. The van der Waals surface area contributed by atoms with Crippen LogP contribution in [0.4, 0.5) is 0 Å². The van der Waals surface area contributed by atoms with Crippen LogP contribution in [-0.2, 0) is 17.8 Å². The number of carbonyl (C=O) groups excluding carboxylic acids is 1. The lowest BCUT2D eigenvalue weighted by Gasteiger charge is -2.24. The maximum Gasteiger partial charge on any atom is 0.223 e. The van der Waals surface area contributed by atoms with Gasteiger partial charge in [-0.15, -0.1) is 11.3 Å². The molecule has 0 N–H and O–H groups in total. The minimum Gasteiger partial charge on any atom is -0.337 e. The Morgan fingerprint density at radius 1 is 1.13 bits per heavy atom. The molecule has 5 heteroatoms. The Kier molecular flexibility index (Phi) is 7.09. The average molecular weight is 351 g/mol. The van der Waals surface area contributed by atoms with Crippen LogP contribution in [0.2, 0.25) is 5.02 Å². The zero-order chi connectivity index (χ0) is 16.7. The number of likely N-dealkylation sites (N-methyl/N-ethyl adjacent to an activating group) is 1. The minimum absolute atomic E-state index is 0.204. The number of aryl methyl sites for hydroxylation is 1. The van der Waals surface area contributed by atoms with Crippen LogP contribution in [0.3, 0.4) is 0 Å². The molecule has 0 aliphatic rings. The van der Waals surface area contributed by atoms with Crippen molar-refractivity contribution in [3.8, 4) is 0 Å². The molecule has 0 bridgehead atoms. The van der Waals surface area contributed by atoms with Crippen molar-refractivity contribution < 1.29 is 4.79 Å². The summed E-state index contributed by atoms with van der Waals surface area (Å²) < 4.78 is 0. The molecule has 1 aromatic carbocycles. The number of thiophene rings is 1. The molecule has 0 atom stereocenters. The summed E-state index contributed by atoms with van der Waals surface area (Å²) in [5.74, 6) is 0.204. The first-order valence-corrected chi connectivity index (χ1v) is 8.99. The van der Waals surface area contributed by atoms with Gasteiger partial charge in [0.1, 0.15) is 0 Å². The number of nitrogens with zero attached hydrogens (tertiary/aromatic N) is 2. The van der Waals surface area contributed by atoms with E-state index in [-0.39, 0.29) is 5.91 Å². The summed E-state index contributed by atoms with van der Waals surface area (Å²) in [7, 11) is 4.05. The number of amides is 1. The highest BCUT2D eigenvalue weighted by atomic mass is 35.5. The van der Waals surface area contributed by atoms with Crippen LogP contribution in [0.15, 0.2) is 41.8 Å². The maximum atomic E-state index is 12.6. The molecular weight excluding hydrogens is 328 g/mol. The summed E-state index contributed by atoms with van der Waals surface area (Å²) in [5, 5.41) is 2.77. The zero-order valence-corrected chi connectivity index (χ0v) is 15.2. The molecule has 124 valence electrons. The largest absolute Gasteiger partial charge is 0.337 e. The molecule has 0 unspecified atom stereocenters. The Balaban J connectivity index is 1.96. The molecule has 0 aliphatic heterocycles. The number of benzene rings is 1. The second-order valence-corrected chi connectivity index (χ2v) is 7.29. The van der Waals surface area contributed by atoms with Gasteiger partial charge < -0.3 is 9.80 Å². The second kappa shape index (κ2) is 9.06. The van der Waals surface area contributed by atoms with Crippen LogP contribution in [0.5, 0.6) is 0 Å². The van der Waals surface area contributed by atoms with Crippen molar-refractivity contribution in [3.05, 3.63) is 57.2 Å². The fraction of sp³-hybridized carbons (Fsp3) is 0.389. The Morgan fingerprint density at radius 2 is 1.87 bits per heavy atom. The van der Waals surface area contributed by atoms with Gasteiger partial charge in [0, 0.05) is 36.0 Å². The van der Waals surface area contributed by atoms with Crippen LogP contribution in [0.1, 0.15) is 16.9 Å². The van der Waals surface area contributed by atoms with Crippen molar-refractivity contribution in [1.29, 1.82) is 0 Å². The molecule has 0 aliphatic carbocycles. The number of hydrogen-bond acceptors (Lipinski definition) is 3. The summed E-state index contributed by atoms with van der Waals surface area (Å²) in [4.78, 5) is 17.9. The summed E-state index contributed by atoms with van der Waals surface area (Å²) in [6.07, 6.45) is 1.37. The van der Waals surface area contributed by atoms with Gasteiger partial charge in [0.15, 0.2) is 0 Å². The minimum atomic E-state index is 0.204. The van der Waals surface area contributed by atoms with Crippen molar-refractivity contribution in [2.45, 2.75) is 19.4 Å². The fourth-order valence-electron chi connectivity index (χ4n) is 2.27.